The first-order valence-corrected chi connectivity index (χ1v) is 13.6. The Morgan fingerprint density at radius 1 is 1.10 bits per heavy atom. The lowest BCUT2D eigenvalue weighted by molar-refractivity contribution is -0.147. The van der Waals surface area contributed by atoms with E-state index in [1.165, 1.54) is 6.92 Å². The zero-order valence-corrected chi connectivity index (χ0v) is 23.4. The molecule has 1 aliphatic heterocycles. The van der Waals surface area contributed by atoms with Crippen LogP contribution in [0.25, 0.3) is 0 Å². The van der Waals surface area contributed by atoms with Crippen molar-refractivity contribution in [1.29, 1.82) is 0 Å². The number of likely N-dealkylation sites (tertiary alicyclic amines) is 1. The molecule has 2 unspecified atom stereocenters. The maximum atomic E-state index is 13.2. The highest BCUT2D eigenvalue weighted by molar-refractivity contribution is 6.00. The summed E-state index contributed by atoms with van der Waals surface area (Å²) < 4.78 is 10.5. The Morgan fingerprint density at radius 3 is 2.56 bits per heavy atom. The van der Waals surface area contributed by atoms with Crippen molar-refractivity contribution < 1.29 is 28.4 Å². The van der Waals surface area contributed by atoms with Gasteiger partial charge in [0.15, 0.2) is 0 Å². The smallest absolute Gasteiger partial charge is 0.329 e. The Hall–Kier alpha value is -4.67. The number of nitrogens with zero attached hydrogens (tertiary/aromatic N) is 2. The van der Waals surface area contributed by atoms with Crippen LogP contribution in [0.1, 0.15) is 55.3 Å². The van der Waals surface area contributed by atoms with E-state index in [4.69, 9.17) is 9.26 Å². The number of benzene rings is 2. The van der Waals surface area contributed by atoms with E-state index in [-0.39, 0.29) is 43.3 Å². The first kappa shape index (κ1) is 29.3. The highest BCUT2D eigenvalue weighted by Gasteiger charge is 2.33. The van der Waals surface area contributed by atoms with Crippen molar-refractivity contribution >= 4 is 35.2 Å². The number of urea groups is 1. The van der Waals surface area contributed by atoms with Gasteiger partial charge in [-0.15, -0.1) is 0 Å². The van der Waals surface area contributed by atoms with Crippen molar-refractivity contribution in [2.45, 2.75) is 58.5 Å². The molecule has 4 rings (SSSR count). The number of esters is 1. The number of rotatable bonds is 10. The molecule has 41 heavy (non-hydrogen) atoms. The number of hydrogen-bond donors (Lipinski definition) is 3. The lowest BCUT2D eigenvalue weighted by Crippen LogP contribution is -2.42. The van der Waals surface area contributed by atoms with Crippen LogP contribution in [-0.2, 0) is 32.0 Å². The Balaban J connectivity index is 1.34. The molecule has 0 aliphatic carbocycles. The maximum Gasteiger partial charge on any atom is 0.329 e. The van der Waals surface area contributed by atoms with Crippen molar-refractivity contribution in [2.24, 2.45) is 0 Å². The average Bonchev–Trinajstić information content (AvgIpc) is 3.60. The summed E-state index contributed by atoms with van der Waals surface area (Å²) in [6.07, 6.45) is 1.86. The number of amides is 4. The van der Waals surface area contributed by atoms with Crippen LogP contribution in [0, 0.1) is 6.92 Å². The van der Waals surface area contributed by atoms with Crippen molar-refractivity contribution in [1.82, 2.24) is 15.4 Å². The molecular formula is C30H35N5O6. The molecule has 11 heteroatoms. The van der Waals surface area contributed by atoms with Crippen LogP contribution in [0.15, 0.2) is 59.1 Å². The van der Waals surface area contributed by atoms with Gasteiger partial charge in [-0.3, -0.25) is 9.59 Å². The van der Waals surface area contributed by atoms with Crippen LogP contribution in [0.4, 0.5) is 16.2 Å². The molecule has 216 valence electrons. The van der Waals surface area contributed by atoms with E-state index in [2.05, 4.69) is 21.1 Å². The van der Waals surface area contributed by atoms with Crippen LogP contribution in [0.3, 0.4) is 0 Å². The standard InChI is InChI=1S/C30H35N5O6/c1-4-40-29(38)26(31-20(3)36)18-23-17-25(34-41-23)27-10-7-15-35(27)28(37)16-21-11-13-22(14-12-21)32-30(39)33-24-9-6-5-8-19(24)2/h5-6,8-9,11-14,17,26-27H,4,7,10,15-16,18H2,1-3H3,(H,31,36)(H2,32,33,39). The normalized spacial score (nSPS) is 15.2. The summed E-state index contributed by atoms with van der Waals surface area (Å²) in [5.74, 6) is -0.533. The number of aromatic nitrogens is 1. The molecule has 1 aliphatic rings. The van der Waals surface area contributed by atoms with E-state index in [0.29, 0.717) is 23.7 Å². The van der Waals surface area contributed by atoms with Gasteiger partial charge in [0.2, 0.25) is 11.8 Å². The van der Waals surface area contributed by atoms with Gasteiger partial charge in [-0.05, 0) is 56.0 Å². The zero-order chi connectivity index (χ0) is 29.4. The van der Waals surface area contributed by atoms with Crippen molar-refractivity contribution in [3.8, 4) is 0 Å². The van der Waals surface area contributed by atoms with Crippen LogP contribution >= 0.6 is 0 Å². The van der Waals surface area contributed by atoms with Crippen molar-refractivity contribution in [2.75, 3.05) is 23.8 Å². The van der Waals surface area contributed by atoms with Gasteiger partial charge in [-0.1, -0.05) is 35.5 Å². The molecule has 2 atom stereocenters. The highest BCUT2D eigenvalue weighted by Crippen LogP contribution is 2.32. The summed E-state index contributed by atoms with van der Waals surface area (Å²) in [5, 5.41) is 12.4. The number of hydrogen-bond acceptors (Lipinski definition) is 7. The zero-order valence-electron chi connectivity index (χ0n) is 23.4. The quantitative estimate of drug-likeness (QED) is 0.316. The van der Waals surface area contributed by atoms with E-state index in [0.717, 1.165) is 29.7 Å². The molecule has 4 amide bonds. The summed E-state index contributed by atoms with van der Waals surface area (Å²) in [7, 11) is 0. The predicted octanol–water partition coefficient (Wildman–Crippen LogP) is 4.14. The third kappa shape index (κ3) is 7.93. The van der Waals surface area contributed by atoms with Gasteiger partial charge in [0.05, 0.1) is 19.1 Å². The number of carbonyl (C=O) groups excluding carboxylic acids is 4. The molecule has 2 aromatic carbocycles. The minimum Gasteiger partial charge on any atom is -0.464 e. The number of carbonyl (C=O) groups is 4. The summed E-state index contributed by atoms with van der Waals surface area (Å²) >= 11 is 0. The van der Waals surface area contributed by atoms with Crippen LogP contribution in [-0.4, -0.2) is 53.1 Å². The fraction of sp³-hybridized carbons (Fsp3) is 0.367. The third-order valence-corrected chi connectivity index (χ3v) is 6.81. The summed E-state index contributed by atoms with van der Waals surface area (Å²) in [4.78, 5) is 51.2. The Bertz CT molecular complexity index is 1390. The van der Waals surface area contributed by atoms with E-state index in [1.54, 1.807) is 30.0 Å². The first-order valence-electron chi connectivity index (χ1n) is 13.6. The lowest BCUT2D eigenvalue weighted by Gasteiger charge is -2.23. The number of anilines is 2. The van der Waals surface area contributed by atoms with E-state index >= 15 is 0 Å². The molecule has 3 N–H and O–H groups in total. The topological polar surface area (TPSA) is 143 Å². The van der Waals surface area contributed by atoms with E-state index in [9.17, 15) is 19.2 Å². The highest BCUT2D eigenvalue weighted by atomic mass is 16.5. The molecule has 0 radical (unpaired) electrons. The SMILES string of the molecule is CCOC(=O)C(Cc1cc(C2CCCN2C(=O)Cc2ccc(NC(=O)Nc3ccccc3C)cc2)no1)NC(C)=O. The summed E-state index contributed by atoms with van der Waals surface area (Å²) in [6.45, 7) is 5.73. The van der Waals surface area contributed by atoms with Gasteiger partial charge in [0, 0.05) is 37.3 Å². The van der Waals surface area contributed by atoms with Gasteiger partial charge < -0.3 is 30.1 Å². The number of nitrogens with one attached hydrogen (secondary N) is 3. The Morgan fingerprint density at radius 2 is 1.85 bits per heavy atom. The number of ether oxygens (including phenoxy) is 1. The van der Waals surface area contributed by atoms with Crippen molar-refractivity contribution in [3.63, 3.8) is 0 Å². The predicted molar refractivity (Wildman–Crippen MR) is 152 cm³/mol. The molecular weight excluding hydrogens is 526 g/mol. The van der Waals surface area contributed by atoms with Gasteiger partial charge in [0.25, 0.3) is 0 Å². The van der Waals surface area contributed by atoms with Gasteiger partial charge in [-0.25, -0.2) is 9.59 Å². The molecule has 2 heterocycles. The van der Waals surface area contributed by atoms with Gasteiger partial charge in [0.1, 0.15) is 17.5 Å². The van der Waals surface area contributed by atoms with E-state index < -0.39 is 12.0 Å². The molecule has 0 spiro atoms. The fourth-order valence-electron chi connectivity index (χ4n) is 4.82. The Kier molecular flexibility index (Phi) is 9.73. The molecule has 11 nitrogen and oxygen atoms in total. The maximum absolute atomic E-state index is 13.2. The second kappa shape index (κ2) is 13.6. The molecule has 0 saturated carbocycles. The first-order chi connectivity index (χ1) is 19.7. The summed E-state index contributed by atoms with van der Waals surface area (Å²) in [6, 6.07) is 14.9. The minimum atomic E-state index is -0.888. The van der Waals surface area contributed by atoms with Crippen LogP contribution in [0.5, 0.6) is 0 Å². The van der Waals surface area contributed by atoms with Crippen LogP contribution < -0.4 is 16.0 Å². The molecule has 3 aromatic rings. The third-order valence-electron chi connectivity index (χ3n) is 6.81. The summed E-state index contributed by atoms with van der Waals surface area (Å²) in [5.41, 5.74) is 3.74. The van der Waals surface area contributed by atoms with Crippen LogP contribution in [0.2, 0.25) is 0 Å². The lowest BCUT2D eigenvalue weighted by atomic mass is 10.1. The van der Waals surface area contributed by atoms with Crippen molar-refractivity contribution in [3.05, 3.63) is 77.2 Å². The molecule has 1 saturated heterocycles. The molecule has 0 bridgehead atoms. The number of para-hydroxylation sites is 1. The largest absolute Gasteiger partial charge is 0.464 e. The van der Waals surface area contributed by atoms with E-state index in [1.807, 2.05) is 43.3 Å². The monoisotopic (exact) mass is 561 g/mol. The molecule has 1 aromatic heterocycles. The number of aryl methyl sites for hydroxylation is 1. The van der Waals surface area contributed by atoms with Gasteiger partial charge in [-0.2, -0.15) is 0 Å². The second-order valence-electron chi connectivity index (χ2n) is 9.94. The van der Waals surface area contributed by atoms with Gasteiger partial charge >= 0.3 is 12.0 Å². The average molecular weight is 562 g/mol. The minimum absolute atomic E-state index is 0.0438. The second-order valence-corrected chi connectivity index (χ2v) is 9.94. The fourth-order valence-corrected chi connectivity index (χ4v) is 4.82. The Labute approximate surface area is 238 Å². The molecule has 1 fully saturated rings.